The van der Waals surface area contributed by atoms with Crippen molar-refractivity contribution < 1.29 is 4.79 Å². The Bertz CT molecular complexity index is 980. The predicted molar refractivity (Wildman–Crippen MR) is 112 cm³/mol. The molecule has 28 heavy (non-hydrogen) atoms. The van der Waals surface area contributed by atoms with E-state index < -0.39 is 0 Å². The number of aromatic nitrogens is 4. The van der Waals surface area contributed by atoms with Gasteiger partial charge in [-0.25, -0.2) is 15.0 Å². The Kier molecular flexibility index (Phi) is 5.38. The number of amides is 1. The lowest BCUT2D eigenvalue weighted by molar-refractivity contribution is -0.120. The second-order valence-electron chi connectivity index (χ2n) is 6.84. The van der Waals surface area contributed by atoms with Crippen molar-refractivity contribution in [1.29, 1.82) is 0 Å². The molecule has 1 N–H and O–H groups in total. The number of imidazole rings is 1. The zero-order valence-electron chi connectivity index (χ0n) is 15.5. The van der Waals surface area contributed by atoms with E-state index in [0.717, 1.165) is 53.6 Å². The molecule has 2 aromatic heterocycles. The Hall–Kier alpha value is -2.74. The van der Waals surface area contributed by atoms with Crippen molar-refractivity contribution >= 4 is 33.3 Å². The summed E-state index contributed by atoms with van der Waals surface area (Å²) in [6.45, 7) is 3.52. The van der Waals surface area contributed by atoms with Crippen LogP contribution in [-0.2, 0) is 4.79 Å². The van der Waals surface area contributed by atoms with Gasteiger partial charge in [-0.15, -0.1) is 0 Å². The Balaban J connectivity index is 1.39. The number of halogens is 1. The molecule has 0 saturated carbocycles. The first-order valence-corrected chi connectivity index (χ1v) is 10.0. The maximum Gasteiger partial charge on any atom is 0.227 e. The minimum Gasteiger partial charge on any atom is -0.356 e. The van der Waals surface area contributed by atoms with Gasteiger partial charge in [0.25, 0.3) is 0 Å². The Morgan fingerprint density at radius 2 is 1.93 bits per heavy atom. The summed E-state index contributed by atoms with van der Waals surface area (Å²) in [5.41, 5.74) is 0.818. The first kappa shape index (κ1) is 18.6. The van der Waals surface area contributed by atoms with E-state index in [-0.39, 0.29) is 11.8 Å². The molecule has 0 bridgehead atoms. The molecule has 0 spiro atoms. The van der Waals surface area contributed by atoms with Gasteiger partial charge in [-0.2, -0.15) is 0 Å². The number of benzene rings is 1. The normalized spacial score (nSPS) is 14.9. The molecule has 4 rings (SSSR count). The quantitative estimate of drug-likeness (QED) is 0.670. The van der Waals surface area contributed by atoms with Crippen LogP contribution >= 0.6 is 15.9 Å². The number of carbonyl (C=O) groups excluding carboxylic acids is 1. The van der Waals surface area contributed by atoms with Crippen LogP contribution in [0, 0.1) is 12.8 Å². The molecule has 0 aliphatic carbocycles. The van der Waals surface area contributed by atoms with Gasteiger partial charge in [0.1, 0.15) is 23.8 Å². The number of anilines is 2. The van der Waals surface area contributed by atoms with E-state index in [2.05, 4.69) is 41.1 Å². The molecule has 0 atom stereocenters. The van der Waals surface area contributed by atoms with Crippen molar-refractivity contribution in [3.8, 4) is 5.82 Å². The number of hydrogen-bond donors (Lipinski definition) is 1. The third-order valence-corrected chi connectivity index (χ3v) is 5.49. The van der Waals surface area contributed by atoms with Crippen LogP contribution in [0.15, 0.2) is 53.5 Å². The van der Waals surface area contributed by atoms with Crippen LogP contribution in [0.2, 0.25) is 0 Å². The zero-order chi connectivity index (χ0) is 19.5. The van der Waals surface area contributed by atoms with Crippen LogP contribution in [-0.4, -0.2) is 38.5 Å². The number of nitrogens with zero attached hydrogens (tertiary/aromatic N) is 5. The first-order chi connectivity index (χ1) is 13.6. The summed E-state index contributed by atoms with van der Waals surface area (Å²) in [5, 5.41) is 3.02. The van der Waals surface area contributed by atoms with E-state index in [1.54, 1.807) is 12.5 Å². The molecule has 0 unspecified atom stereocenters. The maximum atomic E-state index is 12.6. The highest BCUT2D eigenvalue weighted by molar-refractivity contribution is 9.10. The molecule has 3 aromatic rings. The van der Waals surface area contributed by atoms with Crippen LogP contribution in [0.1, 0.15) is 18.7 Å². The van der Waals surface area contributed by atoms with E-state index in [1.165, 1.54) is 0 Å². The molecule has 1 fully saturated rings. The van der Waals surface area contributed by atoms with E-state index in [9.17, 15) is 4.79 Å². The van der Waals surface area contributed by atoms with Crippen LogP contribution in [0.25, 0.3) is 5.82 Å². The number of carbonyl (C=O) groups is 1. The molecule has 1 aliphatic rings. The molecule has 1 amide bonds. The fourth-order valence-electron chi connectivity index (χ4n) is 3.44. The Morgan fingerprint density at radius 1 is 1.14 bits per heavy atom. The highest BCUT2D eigenvalue weighted by Gasteiger charge is 2.26. The van der Waals surface area contributed by atoms with Crippen molar-refractivity contribution in [2.45, 2.75) is 19.8 Å². The highest BCUT2D eigenvalue weighted by Crippen LogP contribution is 2.24. The highest BCUT2D eigenvalue weighted by atomic mass is 79.9. The van der Waals surface area contributed by atoms with Gasteiger partial charge in [-0.05, 0) is 38.0 Å². The molecule has 7 nitrogen and oxygen atoms in total. The summed E-state index contributed by atoms with van der Waals surface area (Å²) in [6.07, 6.45) is 6.81. The number of hydrogen-bond acceptors (Lipinski definition) is 5. The standard InChI is InChI=1S/C20H21BrN6O/c1-14-22-7-10-27(14)19-12-18(23-13-24-19)26-8-5-15(6-9-26)20(28)25-17-4-2-3-16(21)11-17/h2-4,7,10-13,15H,5-6,8-9H2,1H3,(H,25,28). The number of nitrogens with one attached hydrogen (secondary N) is 1. The third kappa shape index (κ3) is 4.06. The molecule has 1 saturated heterocycles. The average molecular weight is 441 g/mol. The van der Waals surface area contributed by atoms with Crippen LogP contribution in [0.3, 0.4) is 0 Å². The summed E-state index contributed by atoms with van der Waals surface area (Å²) in [5.74, 6) is 2.65. The van der Waals surface area contributed by atoms with Gasteiger partial charge in [0, 0.05) is 47.6 Å². The van der Waals surface area contributed by atoms with Crippen molar-refractivity contribution in [2.75, 3.05) is 23.3 Å². The number of piperidine rings is 1. The number of rotatable bonds is 4. The van der Waals surface area contributed by atoms with Gasteiger partial charge in [0.2, 0.25) is 5.91 Å². The Labute approximate surface area is 172 Å². The second-order valence-corrected chi connectivity index (χ2v) is 7.76. The first-order valence-electron chi connectivity index (χ1n) is 9.24. The lowest BCUT2D eigenvalue weighted by Gasteiger charge is -2.32. The minimum atomic E-state index is 0.00688. The summed E-state index contributed by atoms with van der Waals surface area (Å²) < 4.78 is 2.89. The molecule has 8 heteroatoms. The van der Waals surface area contributed by atoms with E-state index in [4.69, 9.17) is 0 Å². The van der Waals surface area contributed by atoms with Gasteiger partial charge in [-0.1, -0.05) is 22.0 Å². The zero-order valence-corrected chi connectivity index (χ0v) is 17.1. The van der Waals surface area contributed by atoms with Gasteiger partial charge in [0.05, 0.1) is 0 Å². The number of aryl methyl sites for hydroxylation is 1. The van der Waals surface area contributed by atoms with Crippen LogP contribution < -0.4 is 10.2 Å². The summed E-state index contributed by atoms with van der Waals surface area (Å²) in [4.78, 5) is 27.8. The largest absolute Gasteiger partial charge is 0.356 e. The van der Waals surface area contributed by atoms with Crippen molar-refractivity contribution in [3.05, 3.63) is 59.3 Å². The van der Waals surface area contributed by atoms with E-state index in [1.807, 2.05) is 48.0 Å². The predicted octanol–water partition coefficient (Wildman–Crippen LogP) is 3.59. The fourth-order valence-corrected chi connectivity index (χ4v) is 3.84. The smallest absolute Gasteiger partial charge is 0.227 e. The molecule has 0 radical (unpaired) electrons. The van der Waals surface area contributed by atoms with Gasteiger partial charge < -0.3 is 10.2 Å². The van der Waals surface area contributed by atoms with Crippen LogP contribution in [0.5, 0.6) is 0 Å². The maximum absolute atomic E-state index is 12.6. The second kappa shape index (κ2) is 8.10. The summed E-state index contributed by atoms with van der Waals surface area (Å²) >= 11 is 3.43. The average Bonchev–Trinajstić information content (AvgIpc) is 3.14. The summed E-state index contributed by atoms with van der Waals surface area (Å²) in [6, 6.07) is 9.63. The Morgan fingerprint density at radius 3 is 2.64 bits per heavy atom. The SMILES string of the molecule is Cc1nccn1-c1cc(N2CCC(C(=O)Nc3cccc(Br)c3)CC2)ncn1. The van der Waals surface area contributed by atoms with E-state index in [0.29, 0.717) is 0 Å². The third-order valence-electron chi connectivity index (χ3n) is 4.99. The lowest BCUT2D eigenvalue weighted by atomic mass is 9.96. The van der Waals surface area contributed by atoms with Crippen molar-refractivity contribution in [3.63, 3.8) is 0 Å². The topological polar surface area (TPSA) is 75.9 Å². The van der Waals surface area contributed by atoms with Crippen LogP contribution in [0.4, 0.5) is 11.5 Å². The molecular formula is C20H21BrN6O. The van der Waals surface area contributed by atoms with Gasteiger partial charge in [0.15, 0.2) is 0 Å². The monoisotopic (exact) mass is 440 g/mol. The molecule has 1 aliphatic heterocycles. The fraction of sp³-hybridized carbons (Fsp3) is 0.300. The molecule has 144 valence electrons. The summed E-state index contributed by atoms with van der Waals surface area (Å²) in [7, 11) is 0. The molecular weight excluding hydrogens is 420 g/mol. The lowest BCUT2D eigenvalue weighted by Crippen LogP contribution is -2.38. The van der Waals surface area contributed by atoms with E-state index >= 15 is 0 Å². The van der Waals surface area contributed by atoms with Gasteiger partial charge >= 0.3 is 0 Å². The van der Waals surface area contributed by atoms with Crippen molar-refractivity contribution in [1.82, 2.24) is 19.5 Å². The molecule has 3 heterocycles. The minimum absolute atomic E-state index is 0.00688. The van der Waals surface area contributed by atoms with Crippen molar-refractivity contribution in [2.24, 2.45) is 5.92 Å². The molecule has 1 aromatic carbocycles. The van der Waals surface area contributed by atoms with Gasteiger partial charge in [-0.3, -0.25) is 9.36 Å².